The maximum Gasteiger partial charge on any atom is 0.251 e. The first kappa shape index (κ1) is 13.9. The fraction of sp³-hybridized carbons (Fsp3) is 0.188. The van der Waals surface area contributed by atoms with E-state index < -0.39 is 0 Å². The minimum Gasteiger partial charge on any atom is -0.496 e. The minimum atomic E-state index is -0.142. The van der Waals surface area contributed by atoms with Crippen molar-refractivity contribution in [3.05, 3.63) is 59.7 Å². The van der Waals surface area contributed by atoms with Crippen molar-refractivity contribution >= 4 is 11.6 Å². The average Bonchev–Trinajstić information content (AvgIpc) is 2.47. The molecule has 0 saturated heterocycles. The van der Waals surface area contributed by atoms with Crippen molar-refractivity contribution < 1.29 is 9.53 Å². The van der Waals surface area contributed by atoms with Crippen LogP contribution in [0.5, 0.6) is 5.75 Å². The molecule has 0 fully saturated rings. The molecule has 1 amide bonds. The minimum absolute atomic E-state index is 0.136. The molecule has 0 aliphatic carbocycles. The number of para-hydroxylation sites is 1. The summed E-state index contributed by atoms with van der Waals surface area (Å²) in [5.74, 6) is 0.626. The fourth-order valence-electron chi connectivity index (χ4n) is 2.02. The summed E-state index contributed by atoms with van der Waals surface area (Å²) in [4.78, 5) is 12.1. The molecular formula is C16H18N2O2. The second kappa shape index (κ2) is 6.10. The Bertz CT molecular complexity index is 594. The monoisotopic (exact) mass is 270 g/mol. The molecule has 0 bridgehead atoms. The second-order valence-electron chi connectivity index (χ2n) is 4.56. The van der Waals surface area contributed by atoms with Gasteiger partial charge in [-0.25, -0.2) is 0 Å². The van der Waals surface area contributed by atoms with Crippen LogP contribution in [-0.2, 0) is 0 Å². The number of hydrogen-bond acceptors (Lipinski definition) is 3. The van der Waals surface area contributed by atoms with Gasteiger partial charge in [-0.05, 0) is 37.3 Å². The van der Waals surface area contributed by atoms with E-state index in [-0.39, 0.29) is 11.9 Å². The van der Waals surface area contributed by atoms with E-state index in [0.29, 0.717) is 11.3 Å². The van der Waals surface area contributed by atoms with Crippen molar-refractivity contribution in [3.8, 4) is 5.75 Å². The number of rotatable bonds is 4. The Kier molecular flexibility index (Phi) is 4.25. The molecule has 0 radical (unpaired) electrons. The number of nitrogens with one attached hydrogen (secondary N) is 1. The second-order valence-corrected chi connectivity index (χ2v) is 4.56. The van der Waals surface area contributed by atoms with Gasteiger partial charge in [0.25, 0.3) is 5.91 Å². The maximum atomic E-state index is 12.1. The van der Waals surface area contributed by atoms with Gasteiger partial charge in [0.05, 0.1) is 13.2 Å². The summed E-state index contributed by atoms with van der Waals surface area (Å²) in [5, 5.41) is 2.95. The first-order valence-corrected chi connectivity index (χ1v) is 6.41. The third-order valence-corrected chi connectivity index (χ3v) is 3.13. The normalized spacial score (nSPS) is 11.7. The number of nitrogens with two attached hydrogens (primary N) is 1. The van der Waals surface area contributed by atoms with Crippen LogP contribution in [0, 0.1) is 0 Å². The quantitative estimate of drug-likeness (QED) is 0.840. The van der Waals surface area contributed by atoms with Gasteiger partial charge in [-0.2, -0.15) is 0 Å². The molecule has 0 aliphatic rings. The largest absolute Gasteiger partial charge is 0.496 e. The van der Waals surface area contributed by atoms with Crippen LogP contribution in [-0.4, -0.2) is 13.0 Å². The zero-order chi connectivity index (χ0) is 14.5. The number of carbonyl (C=O) groups excluding carboxylic acids is 1. The standard InChI is InChI=1S/C16H18N2O2/c1-11(14-5-3-4-6-15(14)20-2)18-16(19)12-7-9-13(17)10-8-12/h3-11H,17H2,1-2H3,(H,18,19)/t11-/m0/s1. The highest BCUT2D eigenvalue weighted by molar-refractivity contribution is 5.94. The van der Waals surface area contributed by atoms with Crippen LogP contribution in [0.15, 0.2) is 48.5 Å². The third-order valence-electron chi connectivity index (χ3n) is 3.13. The number of methoxy groups -OCH3 is 1. The SMILES string of the molecule is COc1ccccc1[C@H](C)NC(=O)c1ccc(N)cc1. The summed E-state index contributed by atoms with van der Waals surface area (Å²) in [6.07, 6.45) is 0. The predicted molar refractivity (Wildman–Crippen MR) is 79.7 cm³/mol. The first-order chi connectivity index (χ1) is 9.61. The maximum absolute atomic E-state index is 12.1. The third kappa shape index (κ3) is 3.09. The van der Waals surface area contributed by atoms with Gasteiger partial charge < -0.3 is 15.8 Å². The van der Waals surface area contributed by atoms with Crippen LogP contribution >= 0.6 is 0 Å². The van der Waals surface area contributed by atoms with Gasteiger partial charge >= 0.3 is 0 Å². The van der Waals surface area contributed by atoms with E-state index in [1.54, 1.807) is 31.4 Å². The number of ether oxygens (including phenoxy) is 1. The number of hydrogen-bond donors (Lipinski definition) is 2. The van der Waals surface area contributed by atoms with Gasteiger partial charge in [-0.15, -0.1) is 0 Å². The van der Waals surface area contributed by atoms with E-state index in [1.165, 1.54) is 0 Å². The molecule has 4 heteroatoms. The van der Waals surface area contributed by atoms with Crippen LogP contribution in [0.4, 0.5) is 5.69 Å². The van der Waals surface area contributed by atoms with E-state index in [2.05, 4.69) is 5.32 Å². The average molecular weight is 270 g/mol. The van der Waals surface area contributed by atoms with Crippen molar-refractivity contribution in [2.75, 3.05) is 12.8 Å². The Labute approximate surface area is 118 Å². The molecule has 4 nitrogen and oxygen atoms in total. The van der Waals surface area contributed by atoms with Crippen molar-refractivity contribution in [1.29, 1.82) is 0 Å². The van der Waals surface area contributed by atoms with Crippen molar-refractivity contribution in [2.24, 2.45) is 0 Å². The zero-order valence-corrected chi connectivity index (χ0v) is 11.6. The number of nitrogen functional groups attached to an aromatic ring is 1. The molecule has 0 aliphatic heterocycles. The van der Waals surface area contributed by atoms with Crippen LogP contribution in [0.1, 0.15) is 28.9 Å². The van der Waals surface area contributed by atoms with Crippen molar-refractivity contribution in [2.45, 2.75) is 13.0 Å². The molecule has 104 valence electrons. The van der Waals surface area contributed by atoms with Gasteiger partial charge in [-0.1, -0.05) is 18.2 Å². The predicted octanol–water partition coefficient (Wildman–Crippen LogP) is 2.77. The molecule has 0 aromatic heterocycles. The molecule has 0 saturated carbocycles. The smallest absolute Gasteiger partial charge is 0.251 e. The summed E-state index contributed by atoms with van der Waals surface area (Å²) in [6, 6.07) is 14.3. The molecule has 2 aromatic carbocycles. The molecule has 0 spiro atoms. The van der Waals surface area contributed by atoms with Gasteiger partial charge in [0, 0.05) is 16.8 Å². The van der Waals surface area contributed by atoms with Crippen LogP contribution < -0.4 is 15.8 Å². The van der Waals surface area contributed by atoms with E-state index in [4.69, 9.17) is 10.5 Å². The van der Waals surface area contributed by atoms with Crippen LogP contribution in [0.2, 0.25) is 0 Å². The van der Waals surface area contributed by atoms with E-state index >= 15 is 0 Å². The molecular weight excluding hydrogens is 252 g/mol. The Morgan fingerprint density at radius 2 is 1.80 bits per heavy atom. The molecule has 0 heterocycles. The lowest BCUT2D eigenvalue weighted by molar-refractivity contribution is 0.0939. The van der Waals surface area contributed by atoms with E-state index in [9.17, 15) is 4.79 Å². The zero-order valence-electron chi connectivity index (χ0n) is 11.6. The van der Waals surface area contributed by atoms with Gasteiger partial charge in [0.2, 0.25) is 0 Å². The van der Waals surface area contributed by atoms with Crippen LogP contribution in [0.25, 0.3) is 0 Å². The van der Waals surface area contributed by atoms with Gasteiger partial charge in [0.1, 0.15) is 5.75 Å². The Balaban J connectivity index is 2.13. The summed E-state index contributed by atoms with van der Waals surface area (Å²) in [7, 11) is 1.62. The Morgan fingerprint density at radius 1 is 1.15 bits per heavy atom. The van der Waals surface area contributed by atoms with Crippen molar-refractivity contribution in [3.63, 3.8) is 0 Å². The molecule has 0 unspecified atom stereocenters. The number of benzene rings is 2. The summed E-state index contributed by atoms with van der Waals surface area (Å²) in [6.45, 7) is 1.92. The lowest BCUT2D eigenvalue weighted by Gasteiger charge is -2.17. The molecule has 3 N–H and O–H groups in total. The lowest BCUT2D eigenvalue weighted by atomic mass is 10.1. The van der Waals surface area contributed by atoms with E-state index in [0.717, 1.165) is 11.3 Å². The van der Waals surface area contributed by atoms with Crippen LogP contribution in [0.3, 0.4) is 0 Å². The number of carbonyl (C=O) groups is 1. The highest BCUT2D eigenvalue weighted by Crippen LogP contribution is 2.24. The molecule has 2 rings (SSSR count). The topological polar surface area (TPSA) is 64.3 Å². The molecule has 1 atom stereocenters. The molecule has 20 heavy (non-hydrogen) atoms. The first-order valence-electron chi connectivity index (χ1n) is 6.41. The summed E-state index contributed by atoms with van der Waals surface area (Å²) in [5.41, 5.74) is 7.77. The van der Waals surface area contributed by atoms with Gasteiger partial charge in [0.15, 0.2) is 0 Å². The Hall–Kier alpha value is -2.49. The number of anilines is 1. The number of amides is 1. The van der Waals surface area contributed by atoms with Gasteiger partial charge in [-0.3, -0.25) is 4.79 Å². The Morgan fingerprint density at radius 3 is 2.45 bits per heavy atom. The summed E-state index contributed by atoms with van der Waals surface area (Å²) < 4.78 is 5.30. The van der Waals surface area contributed by atoms with Crippen molar-refractivity contribution in [1.82, 2.24) is 5.32 Å². The van der Waals surface area contributed by atoms with E-state index in [1.807, 2.05) is 31.2 Å². The summed E-state index contributed by atoms with van der Waals surface area (Å²) >= 11 is 0. The highest BCUT2D eigenvalue weighted by atomic mass is 16.5. The lowest BCUT2D eigenvalue weighted by Crippen LogP contribution is -2.26. The molecule has 2 aromatic rings. The fourth-order valence-corrected chi connectivity index (χ4v) is 2.02. The highest BCUT2D eigenvalue weighted by Gasteiger charge is 2.14.